The molecule has 0 fully saturated rings. The van der Waals surface area contributed by atoms with Gasteiger partial charge in [0.2, 0.25) is 5.90 Å². The number of hydrogen-bond acceptors (Lipinski definition) is 8. The van der Waals surface area contributed by atoms with E-state index in [2.05, 4.69) is 20.9 Å². The Balaban J connectivity index is 1.63. The minimum absolute atomic E-state index is 0.0148. The van der Waals surface area contributed by atoms with Crippen molar-refractivity contribution in [2.24, 2.45) is 4.99 Å². The molecule has 1 aliphatic heterocycles. The van der Waals surface area contributed by atoms with Crippen molar-refractivity contribution in [3.8, 4) is 11.5 Å². The average molecular weight is 558 g/mol. The molecule has 1 aliphatic rings. The first-order chi connectivity index (χ1) is 16.8. The van der Waals surface area contributed by atoms with Crippen LogP contribution in [0.15, 0.2) is 75.8 Å². The summed E-state index contributed by atoms with van der Waals surface area (Å²) in [7, 11) is 1.41. The molecule has 0 atom stereocenters. The van der Waals surface area contributed by atoms with E-state index in [1.54, 1.807) is 42.5 Å². The number of halogens is 2. The van der Waals surface area contributed by atoms with Crippen LogP contribution in [0.4, 0.5) is 5.69 Å². The first kappa shape index (κ1) is 24.1. The number of benzene rings is 3. The Morgan fingerprint density at radius 3 is 2.57 bits per heavy atom. The van der Waals surface area contributed by atoms with Crippen LogP contribution in [0.5, 0.6) is 11.5 Å². The van der Waals surface area contributed by atoms with Crippen molar-refractivity contribution in [2.75, 3.05) is 7.11 Å². The monoisotopic (exact) mass is 556 g/mol. The predicted molar refractivity (Wildman–Crippen MR) is 131 cm³/mol. The molecule has 3 aromatic rings. The van der Waals surface area contributed by atoms with Gasteiger partial charge in [-0.05, 0) is 57.9 Å². The molecule has 0 saturated heterocycles. The van der Waals surface area contributed by atoms with Crippen LogP contribution in [-0.2, 0) is 9.53 Å². The quantitative estimate of drug-likeness (QED) is 0.128. The molecule has 0 saturated carbocycles. The number of cyclic esters (lactones) is 1. The maximum atomic E-state index is 12.5. The topological polar surface area (TPSA) is 117 Å². The summed E-state index contributed by atoms with van der Waals surface area (Å²) in [5.41, 5.74) is 0.867. The molecule has 3 aromatic carbocycles. The second kappa shape index (κ2) is 10.1. The third kappa shape index (κ3) is 5.23. The minimum Gasteiger partial charge on any atom is -0.493 e. The molecule has 11 heteroatoms. The predicted octanol–water partition coefficient (Wildman–Crippen LogP) is 5.58. The number of carbonyl (C=O) groups is 2. The molecule has 0 bridgehead atoms. The van der Waals surface area contributed by atoms with Crippen molar-refractivity contribution in [3.63, 3.8) is 0 Å². The highest BCUT2D eigenvalue weighted by atomic mass is 79.9. The number of aliphatic imine (C=N–C) groups is 1. The van der Waals surface area contributed by atoms with E-state index in [4.69, 9.17) is 25.8 Å². The molecular formula is C24H14BrClN2O7. The van der Waals surface area contributed by atoms with Gasteiger partial charge in [-0.3, -0.25) is 10.1 Å². The number of hydrogen-bond donors (Lipinski definition) is 0. The highest BCUT2D eigenvalue weighted by molar-refractivity contribution is 9.10. The number of non-ortho nitro benzene ring substituents is 1. The van der Waals surface area contributed by atoms with Gasteiger partial charge in [0.1, 0.15) is 0 Å². The van der Waals surface area contributed by atoms with Crippen molar-refractivity contribution in [1.82, 2.24) is 0 Å². The molecular weight excluding hydrogens is 544 g/mol. The highest BCUT2D eigenvalue weighted by Gasteiger charge is 2.27. The largest absolute Gasteiger partial charge is 0.493 e. The van der Waals surface area contributed by atoms with Gasteiger partial charge in [0, 0.05) is 12.1 Å². The van der Waals surface area contributed by atoms with Gasteiger partial charge in [-0.2, -0.15) is 0 Å². The van der Waals surface area contributed by atoms with E-state index in [1.807, 2.05) is 0 Å². The lowest BCUT2D eigenvalue weighted by Gasteiger charge is -2.12. The van der Waals surface area contributed by atoms with E-state index < -0.39 is 16.9 Å². The summed E-state index contributed by atoms with van der Waals surface area (Å²) in [6.45, 7) is 0. The fourth-order valence-electron chi connectivity index (χ4n) is 3.12. The molecule has 0 spiro atoms. The van der Waals surface area contributed by atoms with E-state index in [9.17, 15) is 19.7 Å². The van der Waals surface area contributed by atoms with Gasteiger partial charge >= 0.3 is 11.9 Å². The Morgan fingerprint density at radius 1 is 1.17 bits per heavy atom. The molecule has 0 unspecified atom stereocenters. The van der Waals surface area contributed by atoms with Gasteiger partial charge in [-0.1, -0.05) is 29.8 Å². The molecule has 0 radical (unpaired) electrons. The summed E-state index contributed by atoms with van der Waals surface area (Å²) in [4.78, 5) is 39.3. The van der Waals surface area contributed by atoms with E-state index in [0.29, 0.717) is 15.6 Å². The van der Waals surface area contributed by atoms with Crippen LogP contribution in [0.2, 0.25) is 5.02 Å². The Morgan fingerprint density at radius 2 is 1.91 bits per heavy atom. The molecule has 35 heavy (non-hydrogen) atoms. The normalized spacial score (nSPS) is 13.9. The Bertz CT molecular complexity index is 1420. The zero-order valence-electron chi connectivity index (χ0n) is 17.9. The maximum absolute atomic E-state index is 12.5. The summed E-state index contributed by atoms with van der Waals surface area (Å²) < 4.78 is 16.5. The Kier molecular flexibility index (Phi) is 6.94. The van der Waals surface area contributed by atoms with Crippen molar-refractivity contribution in [3.05, 3.63) is 103 Å². The molecule has 9 nitrogen and oxygen atoms in total. The third-order valence-electron chi connectivity index (χ3n) is 4.77. The van der Waals surface area contributed by atoms with Gasteiger partial charge in [0.05, 0.1) is 32.7 Å². The van der Waals surface area contributed by atoms with E-state index in [-0.39, 0.29) is 39.4 Å². The number of rotatable bonds is 6. The second-order valence-electron chi connectivity index (χ2n) is 7.05. The third-order valence-corrected chi connectivity index (χ3v) is 5.68. The average Bonchev–Trinajstić information content (AvgIpc) is 3.20. The molecule has 0 amide bonds. The van der Waals surface area contributed by atoms with Crippen molar-refractivity contribution in [2.45, 2.75) is 0 Å². The van der Waals surface area contributed by atoms with E-state index >= 15 is 0 Å². The second-order valence-corrected chi connectivity index (χ2v) is 8.31. The van der Waals surface area contributed by atoms with Gasteiger partial charge in [0.15, 0.2) is 17.2 Å². The smallest absolute Gasteiger partial charge is 0.363 e. The van der Waals surface area contributed by atoms with Crippen molar-refractivity contribution < 1.29 is 28.7 Å². The summed E-state index contributed by atoms with van der Waals surface area (Å²) in [6, 6.07) is 15.4. The number of carbonyl (C=O) groups excluding carboxylic acids is 2. The zero-order chi connectivity index (χ0) is 25.1. The van der Waals surface area contributed by atoms with Gasteiger partial charge in [0.25, 0.3) is 5.69 Å². The lowest BCUT2D eigenvalue weighted by atomic mass is 10.1. The molecule has 0 aliphatic carbocycles. The van der Waals surface area contributed by atoms with Crippen LogP contribution in [0.1, 0.15) is 21.5 Å². The Labute approximate surface area is 211 Å². The van der Waals surface area contributed by atoms with Crippen LogP contribution in [0.3, 0.4) is 0 Å². The number of methoxy groups -OCH3 is 1. The first-order valence-electron chi connectivity index (χ1n) is 9.88. The number of nitro benzene ring substituents is 1. The van der Waals surface area contributed by atoms with Gasteiger partial charge < -0.3 is 14.2 Å². The summed E-state index contributed by atoms with van der Waals surface area (Å²) in [5, 5.41) is 10.9. The van der Waals surface area contributed by atoms with Crippen LogP contribution in [0, 0.1) is 10.1 Å². The number of nitrogens with zero attached hydrogens (tertiary/aromatic N) is 2. The highest BCUT2D eigenvalue weighted by Crippen LogP contribution is 2.38. The standard InChI is InChI=1S/C24H14BrClN2O7/c1-33-20-11-13(9-17(25)21(20)34-23(29)14-5-3-2-4-6-14)10-19-24(30)35-22(27-19)16-8-7-15(28(31)32)12-18(16)26/h2-12H,1H3/b19-10-. The zero-order valence-corrected chi connectivity index (χ0v) is 20.2. The lowest BCUT2D eigenvalue weighted by molar-refractivity contribution is -0.384. The van der Waals surface area contributed by atoms with Crippen LogP contribution in [0.25, 0.3) is 6.08 Å². The summed E-state index contributed by atoms with van der Waals surface area (Å²) in [5.74, 6) is -0.974. The van der Waals surface area contributed by atoms with Gasteiger partial charge in [-0.15, -0.1) is 0 Å². The summed E-state index contributed by atoms with van der Waals surface area (Å²) >= 11 is 9.48. The maximum Gasteiger partial charge on any atom is 0.363 e. The van der Waals surface area contributed by atoms with Gasteiger partial charge in [-0.25, -0.2) is 14.6 Å². The number of esters is 2. The SMILES string of the molecule is COc1cc(/C=C2\N=C(c3ccc([N+](=O)[O-])cc3Cl)OC2=O)cc(Br)c1OC(=O)c1ccccc1. The fraction of sp³-hybridized carbons (Fsp3) is 0.0417. The Hall–Kier alpha value is -4.02. The number of ether oxygens (including phenoxy) is 3. The minimum atomic E-state index is -0.732. The molecule has 1 heterocycles. The van der Waals surface area contributed by atoms with E-state index in [1.165, 1.54) is 25.3 Å². The molecule has 0 aromatic heterocycles. The van der Waals surface area contributed by atoms with Crippen LogP contribution >= 0.6 is 27.5 Å². The van der Waals surface area contributed by atoms with Crippen molar-refractivity contribution >= 4 is 57.1 Å². The summed E-state index contributed by atoms with van der Waals surface area (Å²) in [6.07, 6.45) is 1.45. The number of nitro groups is 1. The lowest BCUT2D eigenvalue weighted by Crippen LogP contribution is -2.09. The molecule has 0 N–H and O–H groups in total. The molecule has 176 valence electrons. The van der Waals surface area contributed by atoms with Crippen LogP contribution < -0.4 is 9.47 Å². The first-order valence-corrected chi connectivity index (χ1v) is 11.1. The molecule has 4 rings (SSSR count). The fourth-order valence-corrected chi connectivity index (χ4v) is 3.92. The van der Waals surface area contributed by atoms with Crippen molar-refractivity contribution in [1.29, 1.82) is 0 Å². The van der Waals surface area contributed by atoms with Crippen LogP contribution in [-0.4, -0.2) is 29.9 Å². The van der Waals surface area contributed by atoms with E-state index in [0.717, 1.165) is 6.07 Å².